The third-order valence-electron chi connectivity index (χ3n) is 4.22. The maximum absolute atomic E-state index is 10.7. The van der Waals surface area contributed by atoms with Crippen LogP contribution >= 0.6 is 0 Å². The van der Waals surface area contributed by atoms with E-state index in [4.69, 9.17) is 4.74 Å². The molecule has 1 N–H and O–H groups in total. The van der Waals surface area contributed by atoms with Crippen molar-refractivity contribution in [3.8, 4) is 0 Å². The van der Waals surface area contributed by atoms with Gasteiger partial charge in [0.15, 0.2) is 0 Å². The molecule has 0 radical (unpaired) electrons. The second-order valence-corrected chi connectivity index (χ2v) is 6.14. The van der Waals surface area contributed by atoms with Gasteiger partial charge in [0.1, 0.15) is 0 Å². The first-order valence-corrected chi connectivity index (χ1v) is 8.57. The minimum absolute atomic E-state index is 0.114. The number of β-amino-alcohol motifs (C(OH)–C–C–N with tert-alkyl or cyclic N) is 1. The van der Waals surface area contributed by atoms with E-state index in [1.165, 1.54) is 0 Å². The van der Waals surface area contributed by atoms with Gasteiger partial charge in [-0.1, -0.05) is 13.3 Å². The van der Waals surface area contributed by atoms with Gasteiger partial charge in [-0.2, -0.15) is 0 Å². The van der Waals surface area contributed by atoms with Crippen molar-refractivity contribution in [3.63, 3.8) is 0 Å². The second-order valence-electron chi connectivity index (χ2n) is 6.14. The Hall–Kier alpha value is -1.70. The van der Waals surface area contributed by atoms with Crippen molar-refractivity contribution in [2.45, 2.75) is 25.9 Å². The molecule has 7 nitrogen and oxygen atoms in total. The third-order valence-corrected chi connectivity index (χ3v) is 4.22. The average Bonchev–Trinajstić information content (AvgIpc) is 2.59. The second kappa shape index (κ2) is 9.56. The fourth-order valence-electron chi connectivity index (χ4n) is 2.79. The average molecular weight is 337 g/mol. The first-order chi connectivity index (χ1) is 11.6. The Labute approximate surface area is 143 Å². The number of nitrogens with zero attached hydrogens (tertiary/aromatic N) is 3. The van der Waals surface area contributed by atoms with Crippen molar-refractivity contribution < 1.29 is 14.8 Å². The molecule has 0 saturated carbocycles. The normalized spacial score (nSPS) is 17.0. The number of hydrogen-bond donors (Lipinski definition) is 1. The molecular formula is C17H27N3O4. The van der Waals surface area contributed by atoms with Gasteiger partial charge in [0.25, 0.3) is 5.69 Å². The number of hydrogen-bond acceptors (Lipinski definition) is 6. The SMILES string of the molecule is CCCCOC[C@H](O)CN1CCN(c2ccc([N+](=O)[O-])cc2)CC1. The predicted molar refractivity (Wildman–Crippen MR) is 93.5 cm³/mol. The fraction of sp³-hybridized carbons (Fsp3) is 0.647. The lowest BCUT2D eigenvalue weighted by Crippen LogP contribution is -2.49. The number of nitro benzene ring substituents is 1. The zero-order valence-corrected chi connectivity index (χ0v) is 14.3. The van der Waals surface area contributed by atoms with Gasteiger partial charge < -0.3 is 14.7 Å². The van der Waals surface area contributed by atoms with Crippen LogP contribution in [-0.4, -0.2) is 67.0 Å². The van der Waals surface area contributed by atoms with Crippen molar-refractivity contribution in [1.82, 2.24) is 4.90 Å². The van der Waals surface area contributed by atoms with Crippen molar-refractivity contribution >= 4 is 11.4 Å². The molecule has 134 valence electrons. The van der Waals surface area contributed by atoms with E-state index in [0.717, 1.165) is 44.7 Å². The Morgan fingerprint density at radius 2 is 1.92 bits per heavy atom. The molecule has 1 fully saturated rings. The van der Waals surface area contributed by atoms with E-state index < -0.39 is 6.10 Å². The highest BCUT2D eigenvalue weighted by Crippen LogP contribution is 2.20. The maximum Gasteiger partial charge on any atom is 0.269 e. The fourth-order valence-corrected chi connectivity index (χ4v) is 2.79. The molecule has 24 heavy (non-hydrogen) atoms. The molecule has 7 heteroatoms. The Morgan fingerprint density at radius 3 is 2.50 bits per heavy atom. The summed E-state index contributed by atoms with van der Waals surface area (Å²) in [7, 11) is 0. The highest BCUT2D eigenvalue weighted by Gasteiger charge is 2.20. The zero-order chi connectivity index (χ0) is 17.4. The van der Waals surface area contributed by atoms with Crippen LogP contribution in [-0.2, 0) is 4.74 Å². The van der Waals surface area contributed by atoms with Crippen LogP contribution in [0, 0.1) is 10.1 Å². The topological polar surface area (TPSA) is 79.1 Å². The number of nitro groups is 1. The molecule has 0 amide bonds. The monoisotopic (exact) mass is 337 g/mol. The molecule has 0 unspecified atom stereocenters. The van der Waals surface area contributed by atoms with Crippen molar-refractivity contribution in [2.24, 2.45) is 0 Å². The van der Waals surface area contributed by atoms with E-state index in [0.29, 0.717) is 19.8 Å². The number of rotatable bonds is 9. The van der Waals surface area contributed by atoms with Gasteiger partial charge >= 0.3 is 0 Å². The smallest absolute Gasteiger partial charge is 0.269 e. The molecular weight excluding hydrogens is 310 g/mol. The summed E-state index contributed by atoms with van der Waals surface area (Å²) in [6.07, 6.45) is 1.68. The molecule has 1 aromatic rings. The third kappa shape index (κ3) is 5.74. The molecule has 1 atom stereocenters. The standard InChI is InChI=1S/C17H27N3O4/c1-2-3-12-24-14-17(21)13-18-8-10-19(11-9-18)15-4-6-16(7-5-15)20(22)23/h4-7,17,21H,2-3,8-14H2,1H3/t17-/m1/s1. The van der Waals surface area contributed by atoms with Gasteiger partial charge in [0.2, 0.25) is 0 Å². The van der Waals surface area contributed by atoms with Crippen LogP contribution < -0.4 is 4.90 Å². The number of piperazine rings is 1. The van der Waals surface area contributed by atoms with Crippen LogP contribution in [0.15, 0.2) is 24.3 Å². The lowest BCUT2D eigenvalue weighted by Gasteiger charge is -2.36. The van der Waals surface area contributed by atoms with E-state index in [-0.39, 0.29) is 10.6 Å². The molecule has 1 saturated heterocycles. The molecule has 0 aromatic heterocycles. The number of benzene rings is 1. The number of unbranched alkanes of at least 4 members (excludes halogenated alkanes) is 1. The molecule has 1 aliphatic rings. The van der Waals surface area contributed by atoms with Gasteiger partial charge in [0.05, 0.1) is 17.6 Å². The quantitative estimate of drug-likeness (QED) is 0.421. The van der Waals surface area contributed by atoms with Gasteiger partial charge in [0, 0.05) is 57.2 Å². The van der Waals surface area contributed by atoms with Crippen LogP contribution in [0.4, 0.5) is 11.4 Å². The van der Waals surface area contributed by atoms with E-state index >= 15 is 0 Å². The number of aliphatic hydroxyl groups excluding tert-OH is 1. The summed E-state index contributed by atoms with van der Waals surface area (Å²) in [5.41, 5.74) is 1.12. The van der Waals surface area contributed by atoms with Crippen LogP contribution in [0.2, 0.25) is 0 Å². The lowest BCUT2D eigenvalue weighted by molar-refractivity contribution is -0.384. The van der Waals surface area contributed by atoms with Gasteiger partial charge in [-0.25, -0.2) is 0 Å². The summed E-state index contributed by atoms with van der Waals surface area (Å²) >= 11 is 0. The molecule has 1 aromatic carbocycles. The van der Waals surface area contributed by atoms with Crippen LogP contribution in [0.25, 0.3) is 0 Å². The van der Waals surface area contributed by atoms with Crippen molar-refractivity contribution in [3.05, 3.63) is 34.4 Å². The van der Waals surface area contributed by atoms with Gasteiger partial charge in [-0.05, 0) is 18.6 Å². The minimum Gasteiger partial charge on any atom is -0.389 e. The van der Waals surface area contributed by atoms with E-state index in [1.807, 2.05) is 0 Å². The van der Waals surface area contributed by atoms with E-state index in [2.05, 4.69) is 16.7 Å². The van der Waals surface area contributed by atoms with Gasteiger partial charge in [-0.15, -0.1) is 0 Å². The van der Waals surface area contributed by atoms with Crippen LogP contribution in [0.1, 0.15) is 19.8 Å². The molecule has 2 rings (SSSR count). The van der Waals surface area contributed by atoms with Crippen LogP contribution in [0.3, 0.4) is 0 Å². The first kappa shape index (κ1) is 18.6. The van der Waals surface area contributed by atoms with Gasteiger partial charge in [-0.3, -0.25) is 15.0 Å². The summed E-state index contributed by atoms with van der Waals surface area (Å²) < 4.78 is 5.46. The Bertz CT molecular complexity index is 501. The van der Waals surface area contributed by atoms with Crippen molar-refractivity contribution in [2.75, 3.05) is 50.8 Å². The van der Waals surface area contributed by atoms with Crippen molar-refractivity contribution in [1.29, 1.82) is 0 Å². The Balaban J connectivity index is 1.71. The Morgan fingerprint density at radius 1 is 1.25 bits per heavy atom. The number of non-ortho nitro benzene ring substituents is 1. The molecule has 0 spiro atoms. The first-order valence-electron chi connectivity index (χ1n) is 8.57. The number of anilines is 1. The molecule has 0 aliphatic carbocycles. The largest absolute Gasteiger partial charge is 0.389 e. The zero-order valence-electron chi connectivity index (χ0n) is 14.3. The number of aliphatic hydroxyl groups is 1. The predicted octanol–water partition coefficient (Wildman–Crippen LogP) is 1.89. The Kier molecular flexibility index (Phi) is 7.42. The van der Waals surface area contributed by atoms with E-state index in [9.17, 15) is 15.2 Å². The van der Waals surface area contributed by atoms with E-state index in [1.54, 1.807) is 24.3 Å². The maximum atomic E-state index is 10.7. The molecule has 1 aliphatic heterocycles. The lowest BCUT2D eigenvalue weighted by atomic mass is 10.2. The summed E-state index contributed by atoms with van der Waals surface area (Å²) in [4.78, 5) is 14.8. The summed E-state index contributed by atoms with van der Waals surface area (Å²) in [5.74, 6) is 0. The van der Waals surface area contributed by atoms with Crippen LogP contribution in [0.5, 0.6) is 0 Å². The summed E-state index contributed by atoms with van der Waals surface area (Å²) in [6.45, 7) is 7.27. The summed E-state index contributed by atoms with van der Waals surface area (Å²) in [5, 5.41) is 20.7. The highest BCUT2D eigenvalue weighted by molar-refractivity contribution is 5.51. The summed E-state index contributed by atoms with van der Waals surface area (Å²) in [6, 6.07) is 6.67. The molecule has 1 heterocycles. The molecule has 0 bridgehead atoms. The minimum atomic E-state index is -0.451. The highest BCUT2D eigenvalue weighted by atomic mass is 16.6. The number of ether oxygens (including phenoxy) is 1.